The number of hydrogen-bond donors (Lipinski definition) is 0. The molecule has 0 spiro atoms. The molecule has 0 fully saturated rings. The van der Waals surface area contributed by atoms with Crippen LogP contribution in [0.1, 0.15) is 6.42 Å². The van der Waals surface area contributed by atoms with Crippen LogP contribution in [0.2, 0.25) is 19.1 Å². The Morgan fingerprint density at radius 1 is 1.62 bits per heavy atom. The van der Waals surface area contributed by atoms with Gasteiger partial charge in [0.2, 0.25) is 8.41 Å². The van der Waals surface area contributed by atoms with Crippen LogP contribution in [-0.2, 0) is 0 Å². The van der Waals surface area contributed by atoms with Gasteiger partial charge >= 0.3 is 0 Å². The van der Waals surface area contributed by atoms with E-state index < -0.39 is 8.41 Å². The van der Waals surface area contributed by atoms with Crippen molar-refractivity contribution < 1.29 is 4.11 Å². The largest absolute Gasteiger partial charge is 0.314 e. The fraction of sp³-hybridized carbons (Fsp3) is 0.667. The quantitative estimate of drug-likeness (QED) is 0.315. The van der Waals surface area contributed by atoms with Crippen molar-refractivity contribution in [2.75, 3.05) is 0 Å². The van der Waals surface area contributed by atoms with Gasteiger partial charge in [-0.15, -0.1) is 6.58 Å². The molecule has 0 radical (unpaired) electrons. The lowest BCUT2D eigenvalue weighted by Crippen LogP contribution is -2.16. The lowest BCUT2D eigenvalue weighted by atomic mass is 10.5. The first-order valence-corrected chi connectivity index (χ1v) is 5.94. The van der Waals surface area contributed by atoms with Crippen molar-refractivity contribution in [2.45, 2.75) is 25.6 Å². The average molecular weight is 132 g/mol. The molecule has 0 rings (SSSR count). The van der Waals surface area contributed by atoms with Crippen molar-refractivity contribution in [3.05, 3.63) is 12.7 Å². The van der Waals surface area contributed by atoms with E-state index in [0.717, 1.165) is 12.5 Å². The average Bonchev–Trinajstić information content (AvgIpc) is 1.59. The molecule has 0 atom stereocenters. The van der Waals surface area contributed by atoms with Crippen LogP contribution in [0.25, 0.3) is 0 Å². The van der Waals surface area contributed by atoms with Gasteiger partial charge in [-0.05, 0) is 25.6 Å². The van der Waals surface area contributed by atoms with Crippen LogP contribution < -0.4 is 0 Å². The third kappa shape index (κ3) is 5.89. The number of hydrogen-bond acceptors (Lipinski definition) is 0. The third-order valence-electron chi connectivity index (χ3n) is 0.943. The minimum absolute atomic E-state index is 0.719. The molecule has 0 aliphatic heterocycles. The predicted octanol–water partition coefficient (Wildman–Crippen LogP) is 2.74. The van der Waals surface area contributed by atoms with Crippen molar-refractivity contribution >= 4 is 8.41 Å². The maximum atomic E-state index is 12.7. The summed E-state index contributed by atoms with van der Waals surface area (Å²) in [5.41, 5.74) is 0. The molecule has 0 aliphatic carbocycles. The second kappa shape index (κ2) is 3.02. The van der Waals surface area contributed by atoms with Crippen LogP contribution in [0.4, 0.5) is 4.11 Å². The third-order valence-corrected chi connectivity index (χ3v) is 2.42. The Morgan fingerprint density at radius 2 is 2.12 bits per heavy atom. The Balaban J connectivity index is 3.24. The molecule has 2 heteroatoms. The summed E-state index contributed by atoms with van der Waals surface area (Å²) in [6.45, 7) is 6.96. The van der Waals surface area contributed by atoms with Crippen LogP contribution >= 0.6 is 0 Å². The Hall–Kier alpha value is -0.113. The van der Waals surface area contributed by atoms with Crippen LogP contribution in [0.5, 0.6) is 0 Å². The number of halogens is 1. The molecule has 0 amide bonds. The minimum Gasteiger partial charge on any atom is -0.314 e. The van der Waals surface area contributed by atoms with Gasteiger partial charge in [0.05, 0.1) is 0 Å². The van der Waals surface area contributed by atoms with Gasteiger partial charge in [0, 0.05) is 0 Å². The van der Waals surface area contributed by atoms with Crippen LogP contribution in [0, 0.1) is 0 Å². The monoisotopic (exact) mass is 132 g/mol. The maximum absolute atomic E-state index is 12.7. The van der Waals surface area contributed by atoms with Gasteiger partial charge in [-0.3, -0.25) is 0 Å². The Kier molecular flexibility index (Phi) is 2.98. The molecule has 0 bridgehead atoms. The lowest BCUT2D eigenvalue weighted by molar-refractivity contribution is 0.783. The Morgan fingerprint density at radius 3 is 2.25 bits per heavy atom. The van der Waals surface area contributed by atoms with E-state index in [1.165, 1.54) is 0 Å². The van der Waals surface area contributed by atoms with Crippen molar-refractivity contribution in [3.63, 3.8) is 0 Å². The Bertz CT molecular complexity index is 73.1. The molecule has 0 saturated carbocycles. The second-order valence-electron chi connectivity index (χ2n) is 2.55. The van der Waals surface area contributed by atoms with Crippen LogP contribution in [-0.4, -0.2) is 8.41 Å². The standard InChI is InChI=1S/C6H13FSi/c1-4-5-6-8(2,3)7/h4H,1,5-6H2,2-3H3. The summed E-state index contributed by atoms with van der Waals surface area (Å²) in [5.74, 6) is 0. The highest BCUT2D eigenvalue weighted by molar-refractivity contribution is 6.70. The van der Waals surface area contributed by atoms with Gasteiger partial charge in [-0.1, -0.05) is 6.08 Å². The zero-order valence-corrected chi connectivity index (χ0v) is 6.58. The van der Waals surface area contributed by atoms with E-state index in [1.807, 2.05) is 0 Å². The van der Waals surface area contributed by atoms with E-state index in [-0.39, 0.29) is 0 Å². The summed E-state index contributed by atoms with van der Waals surface area (Å²) in [6, 6.07) is 0.719. The van der Waals surface area contributed by atoms with Crippen LogP contribution in [0.15, 0.2) is 12.7 Å². The van der Waals surface area contributed by atoms with Crippen molar-refractivity contribution in [1.82, 2.24) is 0 Å². The van der Waals surface area contributed by atoms with Gasteiger partial charge < -0.3 is 4.11 Å². The van der Waals surface area contributed by atoms with Crippen molar-refractivity contribution in [3.8, 4) is 0 Å². The summed E-state index contributed by atoms with van der Waals surface area (Å²) in [4.78, 5) is 0. The first-order chi connectivity index (χ1) is 3.56. The van der Waals surface area contributed by atoms with Crippen LogP contribution in [0.3, 0.4) is 0 Å². The summed E-state index contributed by atoms with van der Waals surface area (Å²) in [5, 5.41) is 0. The molecule has 0 aromatic heterocycles. The minimum atomic E-state index is -2.25. The van der Waals surface area contributed by atoms with Gasteiger partial charge in [-0.2, -0.15) is 0 Å². The lowest BCUT2D eigenvalue weighted by Gasteiger charge is -2.06. The van der Waals surface area contributed by atoms with E-state index in [0.29, 0.717) is 0 Å². The first kappa shape index (κ1) is 7.89. The molecule has 0 N–H and O–H groups in total. The summed E-state index contributed by atoms with van der Waals surface area (Å²) in [7, 11) is -2.25. The molecular weight excluding hydrogens is 119 g/mol. The van der Waals surface area contributed by atoms with E-state index in [9.17, 15) is 4.11 Å². The zero-order chi connectivity index (χ0) is 6.62. The SMILES string of the molecule is C=CCC[Si](C)(C)F. The highest BCUT2D eigenvalue weighted by Gasteiger charge is 2.17. The predicted molar refractivity (Wildman–Crippen MR) is 38.2 cm³/mol. The topological polar surface area (TPSA) is 0 Å². The van der Waals surface area contributed by atoms with Gasteiger partial charge in [0.1, 0.15) is 0 Å². The normalized spacial score (nSPS) is 11.4. The van der Waals surface area contributed by atoms with Crippen molar-refractivity contribution in [1.29, 1.82) is 0 Å². The van der Waals surface area contributed by atoms with E-state index >= 15 is 0 Å². The number of rotatable bonds is 3. The Labute approximate surface area is 51.6 Å². The smallest absolute Gasteiger partial charge is 0.241 e. The van der Waals surface area contributed by atoms with Gasteiger partial charge in [0.25, 0.3) is 0 Å². The molecule has 0 saturated heterocycles. The molecule has 0 aliphatic rings. The highest BCUT2D eigenvalue weighted by Crippen LogP contribution is 2.12. The molecular formula is C6H13FSi. The fourth-order valence-electron chi connectivity index (χ4n) is 0.445. The molecule has 48 valence electrons. The van der Waals surface area contributed by atoms with Crippen molar-refractivity contribution in [2.24, 2.45) is 0 Å². The summed E-state index contributed by atoms with van der Waals surface area (Å²) < 4.78 is 12.7. The van der Waals surface area contributed by atoms with E-state index in [4.69, 9.17) is 0 Å². The number of allylic oxidation sites excluding steroid dienone is 1. The van der Waals surface area contributed by atoms with E-state index in [2.05, 4.69) is 6.58 Å². The second-order valence-corrected chi connectivity index (χ2v) is 6.48. The van der Waals surface area contributed by atoms with E-state index in [1.54, 1.807) is 19.2 Å². The molecule has 0 heterocycles. The molecule has 8 heavy (non-hydrogen) atoms. The summed E-state index contributed by atoms with van der Waals surface area (Å²) in [6.07, 6.45) is 2.60. The zero-order valence-electron chi connectivity index (χ0n) is 5.58. The maximum Gasteiger partial charge on any atom is 0.241 e. The fourth-order valence-corrected chi connectivity index (χ4v) is 1.34. The molecule has 0 aromatic rings. The molecule has 0 aromatic carbocycles. The molecule has 0 unspecified atom stereocenters. The van der Waals surface area contributed by atoms with Gasteiger partial charge in [-0.25, -0.2) is 0 Å². The molecule has 0 nitrogen and oxygen atoms in total. The highest BCUT2D eigenvalue weighted by atomic mass is 28.4. The summed E-state index contributed by atoms with van der Waals surface area (Å²) >= 11 is 0. The van der Waals surface area contributed by atoms with Gasteiger partial charge in [0.15, 0.2) is 0 Å². The first-order valence-electron chi connectivity index (χ1n) is 2.86.